The van der Waals surface area contributed by atoms with Crippen LogP contribution in [0.1, 0.15) is 33.1 Å². The van der Waals surface area contributed by atoms with E-state index in [4.69, 9.17) is 5.73 Å². The molecule has 1 aliphatic heterocycles. The van der Waals surface area contributed by atoms with Crippen molar-refractivity contribution in [3.63, 3.8) is 0 Å². The van der Waals surface area contributed by atoms with Crippen LogP contribution in [0.5, 0.6) is 0 Å². The Hall–Kier alpha value is -0.0800. The Morgan fingerprint density at radius 2 is 1.91 bits per heavy atom. The van der Waals surface area contributed by atoms with Crippen LogP contribution in [0.25, 0.3) is 0 Å². The highest BCUT2D eigenvalue weighted by Gasteiger charge is 2.21. The molecule has 2 nitrogen and oxygen atoms in total. The van der Waals surface area contributed by atoms with Gasteiger partial charge in [0.25, 0.3) is 0 Å². The fourth-order valence-electron chi connectivity index (χ4n) is 1.64. The van der Waals surface area contributed by atoms with Crippen molar-refractivity contribution in [2.75, 3.05) is 13.1 Å². The zero-order valence-corrected chi connectivity index (χ0v) is 7.71. The third kappa shape index (κ3) is 2.17. The molecule has 1 heterocycles. The average molecular weight is 156 g/mol. The molecule has 0 aromatic carbocycles. The van der Waals surface area contributed by atoms with E-state index < -0.39 is 0 Å². The predicted molar refractivity (Wildman–Crippen MR) is 48.2 cm³/mol. The van der Waals surface area contributed by atoms with Crippen LogP contribution in [0.4, 0.5) is 0 Å². The second-order valence-electron chi connectivity index (χ2n) is 3.62. The molecule has 0 bridgehead atoms. The second kappa shape index (κ2) is 4.07. The predicted octanol–water partition coefficient (Wildman–Crippen LogP) is 1.41. The largest absolute Gasteiger partial charge is 0.316 e. The average Bonchev–Trinajstić information content (AvgIpc) is 2.53. The minimum absolute atomic E-state index is 0.308. The fraction of sp³-hybridized carbons (Fsp3) is 1.00. The quantitative estimate of drug-likeness (QED) is 0.669. The maximum atomic E-state index is 6.06. The molecule has 2 unspecified atom stereocenters. The van der Waals surface area contributed by atoms with E-state index in [2.05, 4.69) is 18.7 Å². The number of likely N-dealkylation sites (tertiary alicyclic amines) is 1. The van der Waals surface area contributed by atoms with Crippen molar-refractivity contribution in [1.82, 2.24) is 4.90 Å². The molecule has 1 rings (SSSR count). The molecule has 0 aromatic rings. The van der Waals surface area contributed by atoms with E-state index in [0.717, 1.165) is 0 Å². The zero-order chi connectivity index (χ0) is 8.27. The molecule has 1 saturated heterocycles. The van der Waals surface area contributed by atoms with Crippen molar-refractivity contribution in [2.24, 2.45) is 11.7 Å². The van der Waals surface area contributed by atoms with Crippen LogP contribution >= 0.6 is 0 Å². The fourth-order valence-corrected chi connectivity index (χ4v) is 1.64. The summed E-state index contributed by atoms with van der Waals surface area (Å²) in [5.41, 5.74) is 6.06. The Bertz CT molecular complexity index is 108. The molecule has 1 aliphatic rings. The van der Waals surface area contributed by atoms with Gasteiger partial charge in [-0.2, -0.15) is 0 Å². The Balaban J connectivity index is 2.32. The van der Waals surface area contributed by atoms with E-state index in [9.17, 15) is 0 Å². The van der Waals surface area contributed by atoms with Gasteiger partial charge in [0, 0.05) is 0 Å². The molecule has 0 saturated carbocycles. The molecule has 2 heteroatoms. The summed E-state index contributed by atoms with van der Waals surface area (Å²) in [6, 6.07) is 0. The number of nitrogens with zero attached hydrogens (tertiary/aromatic N) is 1. The first-order chi connectivity index (χ1) is 5.25. The summed E-state index contributed by atoms with van der Waals surface area (Å²) < 4.78 is 0. The van der Waals surface area contributed by atoms with Crippen molar-refractivity contribution < 1.29 is 0 Å². The molecule has 66 valence electrons. The van der Waals surface area contributed by atoms with Crippen LogP contribution in [0.15, 0.2) is 0 Å². The number of rotatable bonds is 3. The topological polar surface area (TPSA) is 29.3 Å². The van der Waals surface area contributed by atoms with Crippen molar-refractivity contribution in [3.05, 3.63) is 0 Å². The summed E-state index contributed by atoms with van der Waals surface area (Å²) in [5, 5.41) is 0. The Kier molecular flexibility index (Phi) is 3.34. The third-order valence-electron chi connectivity index (χ3n) is 2.79. The highest BCUT2D eigenvalue weighted by molar-refractivity contribution is 4.74. The lowest BCUT2D eigenvalue weighted by molar-refractivity contribution is 0.184. The molecule has 0 spiro atoms. The van der Waals surface area contributed by atoms with Gasteiger partial charge >= 0.3 is 0 Å². The van der Waals surface area contributed by atoms with Gasteiger partial charge in [-0.05, 0) is 31.8 Å². The van der Waals surface area contributed by atoms with Crippen LogP contribution in [0.2, 0.25) is 0 Å². The smallest absolute Gasteiger partial charge is 0.0597 e. The minimum atomic E-state index is 0.308. The van der Waals surface area contributed by atoms with Gasteiger partial charge in [-0.25, -0.2) is 0 Å². The minimum Gasteiger partial charge on any atom is -0.316 e. The standard InChI is InChI=1S/C9H20N2/c1-3-8(2)9(10)11-6-4-5-7-11/h8-9H,3-7,10H2,1-2H3. The van der Waals surface area contributed by atoms with Crippen molar-refractivity contribution in [2.45, 2.75) is 39.3 Å². The van der Waals surface area contributed by atoms with E-state index in [-0.39, 0.29) is 0 Å². The molecule has 0 aliphatic carbocycles. The van der Waals surface area contributed by atoms with E-state index in [0.29, 0.717) is 12.1 Å². The Labute approximate surface area is 69.8 Å². The maximum Gasteiger partial charge on any atom is 0.0597 e. The lowest BCUT2D eigenvalue weighted by atomic mass is 10.1. The molecule has 1 fully saturated rings. The van der Waals surface area contributed by atoms with E-state index in [1.807, 2.05) is 0 Å². The van der Waals surface area contributed by atoms with Crippen molar-refractivity contribution >= 4 is 0 Å². The molecule has 0 radical (unpaired) electrons. The highest BCUT2D eigenvalue weighted by atomic mass is 15.2. The first-order valence-electron chi connectivity index (χ1n) is 4.75. The second-order valence-corrected chi connectivity index (χ2v) is 3.62. The first kappa shape index (κ1) is 9.01. The Morgan fingerprint density at radius 3 is 2.36 bits per heavy atom. The lowest BCUT2D eigenvalue weighted by Crippen LogP contribution is -2.44. The molecule has 0 amide bonds. The lowest BCUT2D eigenvalue weighted by Gasteiger charge is -2.28. The third-order valence-corrected chi connectivity index (χ3v) is 2.79. The summed E-state index contributed by atoms with van der Waals surface area (Å²) in [4.78, 5) is 2.41. The van der Waals surface area contributed by atoms with Crippen molar-refractivity contribution in [1.29, 1.82) is 0 Å². The number of nitrogens with two attached hydrogens (primary N) is 1. The van der Waals surface area contributed by atoms with E-state index >= 15 is 0 Å². The summed E-state index contributed by atoms with van der Waals surface area (Å²) >= 11 is 0. The normalized spacial score (nSPS) is 25.4. The summed E-state index contributed by atoms with van der Waals surface area (Å²) in [7, 11) is 0. The van der Waals surface area contributed by atoms with Crippen molar-refractivity contribution in [3.8, 4) is 0 Å². The first-order valence-corrected chi connectivity index (χ1v) is 4.75. The van der Waals surface area contributed by atoms with Gasteiger partial charge in [0.05, 0.1) is 6.17 Å². The monoisotopic (exact) mass is 156 g/mol. The maximum absolute atomic E-state index is 6.06. The Morgan fingerprint density at radius 1 is 1.36 bits per heavy atom. The molecule has 0 aromatic heterocycles. The zero-order valence-electron chi connectivity index (χ0n) is 7.71. The summed E-state index contributed by atoms with van der Waals surface area (Å²) in [6.07, 6.45) is 4.17. The van der Waals surface area contributed by atoms with Crippen LogP contribution < -0.4 is 5.73 Å². The van der Waals surface area contributed by atoms with E-state index in [1.165, 1.54) is 32.4 Å². The SMILES string of the molecule is CCC(C)C(N)N1CCCC1. The van der Waals surface area contributed by atoms with Gasteiger partial charge in [0.15, 0.2) is 0 Å². The molecular formula is C9H20N2. The molecule has 11 heavy (non-hydrogen) atoms. The van der Waals surface area contributed by atoms with Gasteiger partial charge in [0.1, 0.15) is 0 Å². The number of hydrogen-bond acceptors (Lipinski definition) is 2. The van der Waals surface area contributed by atoms with Crippen LogP contribution in [0, 0.1) is 5.92 Å². The van der Waals surface area contributed by atoms with Crippen LogP contribution in [0.3, 0.4) is 0 Å². The van der Waals surface area contributed by atoms with Crippen LogP contribution in [-0.4, -0.2) is 24.2 Å². The van der Waals surface area contributed by atoms with Gasteiger partial charge < -0.3 is 5.73 Å². The van der Waals surface area contributed by atoms with E-state index in [1.54, 1.807) is 0 Å². The summed E-state index contributed by atoms with van der Waals surface area (Å²) in [6.45, 7) is 6.88. The van der Waals surface area contributed by atoms with Crippen LogP contribution in [-0.2, 0) is 0 Å². The molecular weight excluding hydrogens is 136 g/mol. The van der Waals surface area contributed by atoms with Gasteiger partial charge in [0.2, 0.25) is 0 Å². The highest BCUT2D eigenvalue weighted by Crippen LogP contribution is 2.15. The van der Waals surface area contributed by atoms with Gasteiger partial charge in [-0.15, -0.1) is 0 Å². The molecule has 2 N–H and O–H groups in total. The number of hydrogen-bond donors (Lipinski definition) is 1. The summed E-state index contributed by atoms with van der Waals surface area (Å²) in [5.74, 6) is 0.646. The van der Waals surface area contributed by atoms with Gasteiger partial charge in [-0.3, -0.25) is 4.90 Å². The molecule has 2 atom stereocenters. The van der Waals surface area contributed by atoms with Gasteiger partial charge in [-0.1, -0.05) is 20.3 Å².